The highest BCUT2D eigenvalue weighted by atomic mass is 16.2. The average Bonchev–Trinajstić information content (AvgIpc) is 2.87. The Hall–Kier alpha value is -1.63. The highest BCUT2D eigenvalue weighted by Crippen LogP contribution is 2.38. The molecule has 0 aromatic carbocycles. The summed E-state index contributed by atoms with van der Waals surface area (Å²) >= 11 is 0. The molecule has 0 aromatic rings. The van der Waals surface area contributed by atoms with Crippen LogP contribution in [0.5, 0.6) is 0 Å². The van der Waals surface area contributed by atoms with Crippen molar-refractivity contribution in [1.29, 1.82) is 0 Å². The van der Waals surface area contributed by atoms with Crippen molar-refractivity contribution < 1.29 is 14.4 Å². The summed E-state index contributed by atoms with van der Waals surface area (Å²) in [6.07, 6.45) is 3.03. The first-order valence-electron chi connectivity index (χ1n) is 11.0. The Bertz CT molecular complexity index is 618. The molecule has 0 aromatic heterocycles. The molecular formula is C22H40N4O3. The summed E-state index contributed by atoms with van der Waals surface area (Å²) in [7, 11) is 3.87. The molecule has 0 radical (unpaired) electrons. The number of carbonyl (C=O) groups excluding carboxylic acids is 3. The maximum atomic E-state index is 13.5. The third-order valence-corrected chi connectivity index (χ3v) is 6.21. The highest BCUT2D eigenvalue weighted by molar-refractivity contribution is 6.07. The van der Waals surface area contributed by atoms with Gasteiger partial charge in [-0.3, -0.25) is 14.5 Å². The van der Waals surface area contributed by atoms with Gasteiger partial charge in [0.1, 0.15) is 5.54 Å². The Morgan fingerprint density at radius 1 is 1.21 bits per heavy atom. The lowest BCUT2D eigenvalue weighted by molar-refractivity contribution is -0.142. The van der Waals surface area contributed by atoms with Gasteiger partial charge in [-0.1, -0.05) is 34.6 Å². The van der Waals surface area contributed by atoms with Gasteiger partial charge < -0.3 is 15.1 Å². The zero-order valence-corrected chi connectivity index (χ0v) is 19.4. The molecule has 0 bridgehead atoms. The number of likely N-dealkylation sites (N-methyl/N-ethyl adjacent to an activating group) is 1. The van der Waals surface area contributed by atoms with Crippen LogP contribution in [0.3, 0.4) is 0 Å². The molecule has 0 aliphatic carbocycles. The first kappa shape index (κ1) is 23.6. The molecule has 1 atom stereocenters. The number of rotatable bonds is 7. The molecule has 29 heavy (non-hydrogen) atoms. The van der Waals surface area contributed by atoms with Crippen LogP contribution in [0.2, 0.25) is 0 Å². The van der Waals surface area contributed by atoms with E-state index in [0.717, 1.165) is 19.3 Å². The third kappa shape index (κ3) is 5.30. The first-order chi connectivity index (χ1) is 13.4. The summed E-state index contributed by atoms with van der Waals surface area (Å²) in [5.74, 6) is 0.591. The lowest BCUT2D eigenvalue weighted by atomic mass is 9.73. The Balaban J connectivity index is 2.18. The number of nitrogens with one attached hydrogen (secondary N) is 1. The maximum Gasteiger partial charge on any atom is 0.325 e. The van der Waals surface area contributed by atoms with Crippen molar-refractivity contribution in [2.24, 2.45) is 17.3 Å². The molecule has 2 heterocycles. The standard InChI is InChI=1S/C22H40N4O3/c1-16(2)8-11-22(19(28)26(20(29)23-22)15-14-24(6)7)17-9-12-25(13-10-17)18(27)21(3,4)5/h16-17H,8-15H2,1-7H3,(H,23,29)/t22-/m1/s1. The van der Waals surface area contributed by atoms with Crippen LogP contribution in [0.1, 0.15) is 60.3 Å². The monoisotopic (exact) mass is 408 g/mol. The molecule has 1 N–H and O–H groups in total. The van der Waals surface area contributed by atoms with Crippen molar-refractivity contribution in [3.8, 4) is 0 Å². The van der Waals surface area contributed by atoms with Gasteiger partial charge in [-0.15, -0.1) is 0 Å². The molecule has 7 nitrogen and oxygen atoms in total. The van der Waals surface area contributed by atoms with E-state index >= 15 is 0 Å². The minimum atomic E-state index is -0.829. The van der Waals surface area contributed by atoms with Gasteiger partial charge in [0.2, 0.25) is 5.91 Å². The van der Waals surface area contributed by atoms with Gasteiger partial charge in [-0.05, 0) is 51.6 Å². The maximum absolute atomic E-state index is 13.5. The van der Waals surface area contributed by atoms with Gasteiger partial charge in [-0.2, -0.15) is 0 Å². The molecule has 2 aliphatic rings. The first-order valence-corrected chi connectivity index (χ1v) is 11.0. The van der Waals surface area contributed by atoms with E-state index in [1.807, 2.05) is 44.7 Å². The fourth-order valence-corrected chi connectivity index (χ4v) is 4.36. The SMILES string of the molecule is CC(C)CC[C@]1(C2CCN(C(=O)C(C)(C)C)CC2)NC(=O)N(CCN(C)C)C1=O. The van der Waals surface area contributed by atoms with Crippen molar-refractivity contribution >= 4 is 17.8 Å². The van der Waals surface area contributed by atoms with Gasteiger partial charge in [0.05, 0.1) is 0 Å². The number of hydrogen-bond donors (Lipinski definition) is 1. The number of urea groups is 1. The van der Waals surface area contributed by atoms with E-state index in [2.05, 4.69) is 19.2 Å². The highest BCUT2D eigenvalue weighted by Gasteiger charge is 2.55. The smallest absolute Gasteiger partial charge is 0.325 e. The van der Waals surface area contributed by atoms with Crippen LogP contribution < -0.4 is 5.32 Å². The van der Waals surface area contributed by atoms with E-state index in [1.54, 1.807) is 0 Å². The van der Waals surface area contributed by atoms with Gasteiger partial charge in [0.25, 0.3) is 5.91 Å². The minimum Gasteiger partial charge on any atom is -0.342 e. The molecule has 4 amide bonds. The second-order valence-corrected chi connectivity index (χ2v) is 10.4. The Labute approximate surface area is 176 Å². The van der Waals surface area contributed by atoms with E-state index in [-0.39, 0.29) is 23.8 Å². The average molecular weight is 409 g/mol. The summed E-state index contributed by atoms with van der Waals surface area (Å²) in [4.78, 5) is 44.1. The number of piperidine rings is 1. The van der Waals surface area contributed by atoms with Crippen molar-refractivity contribution in [1.82, 2.24) is 20.0 Å². The van der Waals surface area contributed by atoms with Gasteiger partial charge in [-0.25, -0.2) is 4.79 Å². The van der Waals surface area contributed by atoms with Crippen LogP contribution in [0.25, 0.3) is 0 Å². The number of nitrogens with zero attached hydrogens (tertiary/aromatic N) is 3. The van der Waals surface area contributed by atoms with E-state index in [0.29, 0.717) is 38.5 Å². The van der Waals surface area contributed by atoms with E-state index in [4.69, 9.17) is 0 Å². The zero-order valence-electron chi connectivity index (χ0n) is 19.4. The third-order valence-electron chi connectivity index (χ3n) is 6.21. The van der Waals surface area contributed by atoms with Crippen LogP contribution in [-0.4, -0.2) is 78.4 Å². The fourth-order valence-electron chi connectivity index (χ4n) is 4.36. The van der Waals surface area contributed by atoms with Crippen LogP contribution in [-0.2, 0) is 9.59 Å². The molecule has 0 spiro atoms. The van der Waals surface area contributed by atoms with Crippen LogP contribution in [0.4, 0.5) is 4.79 Å². The Kier molecular flexibility index (Phi) is 7.36. The fraction of sp³-hybridized carbons (Fsp3) is 0.864. The molecule has 2 fully saturated rings. The van der Waals surface area contributed by atoms with Crippen molar-refractivity contribution in [3.63, 3.8) is 0 Å². The number of hydrogen-bond acceptors (Lipinski definition) is 4. The number of imide groups is 1. The number of amides is 4. The van der Waals surface area contributed by atoms with Gasteiger partial charge in [0.15, 0.2) is 0 Å². The minimum absolute atomic E-state index is 0.0612. The lowest BCUT2D eigenvalue weighted by Crippen LogP contribution is -2.57. The molecule has 2 saturated heterocycles. The van der Waals surface area contributed by atoms with E-state index < -0.39 is 11.0 Å². The predicted octanol–water partition coefficient (Wildman–Crippen LogP) is 2.56. The van der Waals surface area contributed by atoms with Gasteiger partial charge in [0, 0.05) is 31.6 Å². The van der Waals surface area contributed by atoms with Gasteiger partial charge >= 0.3 is 6.03 Å². The second-order valence-electron chi connectivity index (χ2n) is 10.4. The zero-order chi connectivity index (χ0) is 22.0. The molecular weight excluding hydrogens is 368 g/mol. The summed E-state index contributed by atoms with van der Waals surface area (Å²) in [6.45, 7) is 12.4. The summed E-state index contributed by atoms with van der Waals surface area (Å²) in [6, 6.07) is -0.270. The normalized spacial score (nSPS) is 24.0. The lowest BCUT2D eigenvalue weighted by Gasteiger charge is -2.42. The van der Waals surface area contributed by atoms with Crippen molar-refractivity contribution in [2.45, 2.75) is 65.8 Å². The number of likely N-dealkylation sites (tertiary alicyclic amines) is 1. The molecule has 0 unspecified atom stereocenters. The van der Waals surface area contributed by atoms with Crippen molar-refractivity contribution in [3.05, 3.63) is 0 Å². The topological polar surface area (TPSA) is 73.0 Å². The molecule has 166 valence electrons. The summed E-state index contributed by atoms with van der Waals surface area (Å²) in [5, 5.41) is 3.11. The second kappa shape index (κ2) is 9.02. The van der Waals surface area contributed by atoms with Crippen LogP contribution in [0.15, 0.2) is 0 Å². The molecule has 7 heteroatoms. The Morgan fingerprint density at radius 2 is 1.79 bits per heavy atom. The number of carbonyl (C=O) groups is 3. The van der Waals surface area contributed by atoms with Crippen LogP contribution >= 0.6 is 0 Å². The van der Waals surface area contributed by atoms with E-state index in [9.17, 15) is 14.4 Å². The molecule has 2 aliphatic heterocycles. The molecule has 0 saturated carbocycles. The quantitative estimate of drug-likeness (QED) is 0.657. The van der Waals surface area contributed by atoms with Crippen LogP contribution in [0, 0.1) is 17.3 Å². The summed E-state index contributed by atoms with van der Waals surface area (Å²) < 4.78 is 0. The van der Waals surface area contributed by atoms with Crippen molar-refractivity contribution in [2.75, 3.05) is 40.3 Å². The molecule has 2 rings (SSSR count). The largest absolute Gasteiger partial charge is 0.342 e. The Morgan fingerprint density at radius 3 is 2.28 bits per heavy atom. The predicted molar refractivity (Wildman–Crippen MR) is 114 cm³/mol. The summed E-state index contributed by atoms with van der Waals surface area (Å²) in [5.41, 5.74) is -1.23. The van der Waals surface area contributed by atoms with E-state index in [1.165, 1.54) is 4.90 Å².